The highest BCUT2D eigenvalue weighted by molar-refractivity contribution is 9.10. The molecular weight excluding hydrogens is 232 g/mol. The number of nitrogens with two attached hydrogens (primary N) is 1. The highest BCUT2D eigenvalue weighted by Gasteiger charge is 2.05. The number of halogens is 1. The lowest BCUT2D eigenvalue weighted by Gasteiger charge is -1.98. The van der Waals surface area contributed by atoms with Gasteiger partial charge < -0.3 is 5.73 Å². The molecule has 0 aliphatic heterocycles. The van der Waals surface area contributed by atoms with E-state index < -0.39 is 6.03 Å². The van der Waals surface area contributed by atoms with Gasteiger partial charge in [-0.3, -0.25) is 4.57 Å². The van der Waals surface area contributed by atoms with E-state index in [1.807, 2.05) is 24.3 Å². The highest BCUT2D eigenvalue weighted by Crippen LogP contribution is 2.24. The van der Waals surface area contributed by atoms with Crippen LogP contribution in [-0.2, 0) is 0 Å². The molecule has 1 aromatic carbocycles. The van der Waals surface area contributed by atoms with Gasteiger partial charge in [-0.05, 0) is 18.2 Å². The first-order chi connectivity index (χ1) is 6.20. The average Bonchev–Trinajstić information content (AvgIpc) is 2.48. The standard InChI is InChI=1S/C9H7BrN2O/c10-7-2-1-3-8-6(7)4-5-12(8)9(11)13/h1-5H,(H2,11,13). The summed E-state index contributed by atoms with van der Waals surface area (Å²) in [6.07, 6.45) is 1.66. The van der Waals surface area contributed by atoms with Crippen LogP contribution in [0.2, 0.25) is 0 Å². The fourth-order valence-electron chi connectivity index (χ4n) is 1.32. The van der Waals surface area contributed by atoms with E-state index in [2.05, 4.69) is 15.9 Å². The van der Waals surface area contributed by atoms with Crippen LogP contribution in [-0.4, -0.2) is 10.6 Å². The molecule has 0 saturated carbocycles. The van der Waals surface area contributed by atoms with Crippen molar-refractivity contribution in [3.63, 3.8) is 0 Å². The molecule has 0 spiro atoms. The minimum atomic E-state index is -0.465. The molecule has 0 fully saturated rings. The Kier molecular flexibility index (Phi) is 1.84. The summed E-state index contributed by atoms with van der Waals surface area (Å²) < 4.78 is 2.38. The van der Waals surface area contributed by atoms with Crippen molar-refractivity contribution in [2.45, 2.75) is 0 Å². The van der Waals surface area contributed by atoms with Crippen molar-refractivity contribution in [1.82, 2.24) is 4.57 Å². The van der Waals surface area contributed by atoms with Gasteiger partial charge in [-0.2, -0.15) is 0 Å². The van der Waals surface area contributed by atoms with Gasteiger partial charge in [0.15, 0.2) is 0 Å². The first kappa shape index (κ1) is 8.31. The number of aromatic nitrogens is 1. The van der Waals surface area contributed by atoms with Gasteiger partial charge in [0, 0.05) is 16.1 Å². The van der Waals surface area contributed by atoms with Crippen LogP contribution in [0.3, 0.4) is 0 Å². The zero-order chi connectivity index (χ0) is 9.42. The van der Waals surface area contributed by atoms with Crippen molar-refractivity contribution in [1.29, 1.82) is 0 Å². The molecule has 2 N–H and O–H groups in total. The second-order valence-corrected chi connectivity index (χ2v) is 3.55. The van der Waals surface area contributed by atoms with Crippen LogP contribution < -0.4 is 5.73 Å². The molecule has 0 aliphatic carbocycles. The van der Waals surface area contributed by atoms with Gasteiger partial charge in [-0.25, -0.2) is 4.79 Å². The van der Waals surface area contributed by atoms with Crippen molar-refractivity contribution in [3.8, 4) is 0 Å². The maximum Gasteiger partial charge on any atom is 0.323 e. The Balaban J connectivity index is 2.83. The quantitative estimate of drug-likeness (QED) is 0.753. The second-order valence-electron chi connectivity index (χ2n) is 2.70. The summed E-state index contributed by atoms with van der Waals surface area (Å²) in [5, 5.41) is 0.987. The molecule has 2 aromatic rings. The summed E-state index contributed by atoms with van der Waals surface area (Å²) in [5.74, 6) is 0. The number of fused-ring (bicyclic) bond motifs is 1. The molecule has 4 heteroatoms. The SMILES string of the molecule is NC(=O)n1ccc2c(Br)cccc21. The summed E-state index contributed by atoms with van der Waals surface area (Å²) in [6, 6.07) is 7.03. The molecule has 0 radical (unpaired) electrons. The lowest BCUT2D eigenvalue weighted by atomic mass is 10.2. The van der Waals surface area contributed by atoms with E-state index in [4.69, 9.17) is 5.73 Å². The van der Waals surface area contributed by atoms with Gasteiger partial charge in [0.05, 0.1) is 5.52 Å². The van der Waals surface area contributed by atoms with E-state index in [0.717, 1.165) is 15.4 Å². The summed E-state index contributed by atoms with van der Waals surface area (Å²) in [4.78, 5) is 11.0. The van der Waals surface area contributed by atoms with Gasteiger partial charge in [-0.1, -0.05) is 22.0 Å². The third-order valence-corrected chi connectivity index (χ3v) is 2.61. The predicted octanol–water partition coefficient (Wildman–Crippen LogP) is 2.33. The van der Waals surface area contributed by atoms with Gasteiger partial charge >= 0.3 is 6.03 Å². The summed E-state index contributed by atoms with van der Waals surface area (Å²) in [6.45, 7) is 0. The van der Waals surface area contributed by atoms with E-state index in [0.29, 0.717) is 0 Å². The van der Waals surface area contributed by atoms with E-state index in [9.17, 15) is 4.79 Å². The number of nitrogens with zero attached hydrogens (tertiary/aromatic N) is 1. The maximum atomic E-state index is 11.0. The van der Waals surface area contributed by atoms with Gasteiger partial charge in [0.2, 0.25) is 0 Å². The zero-order valence-corrected chi connectivity index (χ0v) is 8.28. The Bertz CT molecular complexity index is 475. The number of rotatable bonds is 0. The Labute approximate surface area is 83.3 Å². The second kappa shape index (κ2) is 2.88. The number of primary amides is 1. The molecule has 0 aliphatic rings. The molecular formula is C9H7BrN2O. The third-order valence-electron chi connectivity index (χ3n) is 1.92. The number of hydrogen-bond acceptors (Lipinski definition) is 1. The van der Waals surface area contributed by atoms with E-state index in [1.165, 1.54) is 4.57 Å². The molecule has 0 atom stereocenters. The topological polar surface area (TPSA) is 48.0 Å². The van der Waals surface area contributed by atoms with Gasteiger partial charge in [0.25, 0.3) is 0 Å². The molecule has 1 aromatic heterocycles. The fraction of sp³-hybridized carbons (Fsp3) is 0. The first-order valence-corrected chi connectivity index (χ1v) is 4.55. The van der Waals surface area contributed by atoms with Crippen molar-refractivity contribution in [3.05, 3.63) is 34.9 Å². The lowest BCUT2D eigenvalue weighted by molar-refractivity contribution is 0.251. The monoisotopic (exact) mass is 238 g/mol. The van der Waals surface area contributed by atoms with E-state index in [-0.39, 0.29) is 0 Å². The fourth-order valence-corrected chi connectivity index (χ4v) is 1.81. The summed E-state index contributed by atoms with van der Waals surface area (Å²) >= 11 is 3.39. The van der Waals surface area contributed by atoms with Crippen LogP contribution in [0.15, 0.2) is 34.9 Å². The van der Waals surface area contributed by atoms with Crippen LogP contribution in [0.5, 0.6) is 0 Å². The van der Waals surface area contributed by atoms with Gasteiger partial charge in [-0.15, -0.1) is 0 Å². The van der Waals surface area contributed by atoms with Crippen molar-refractivity contribution < 1.29 is 4.79 Å². The molecule has 1 amide bonds. The average molecular weight is 239 g/mol. The third kappa shape index (κ3) is 1.23. The minimum Gasteiger partial charge on any atom is -0.351 e. The van der Waals surface area contributed by atoms with Crippen molar-refractivity contribution in [2.75, 3.05) is 0 Å². The number of benzene rings is 1. The summed E-state index contributed by atoms with van der Waals surface area (Å²) in [7, 11) is 0. The number of hydrogen-bond donors (Lipinski definition) is 1. The Hall–Kier alpha value is -1.29. The normalized spacial score (nSPS) is 10.5. The van der Waals surface area contributed by atoms with Crippen LogP contribution in [0.25, 0.3) is 10.9 Å². The van der Waals surface area contributed by atoms with Crippen LogP contribution in [0.4, 0.5) is 4.79 Å². The molecule has 0 bridgehead atoms. The van der Waals surface area contributed by atoms with Crippen LogP contribution in [0.1, 0.15) is 0 Å². The molecule has 0 saturated heterocycles. The maximum absolute atomic E-state index is 11.0. The molecule has 13 heavy (non-hydrogen) atoms. The Morgan fingerprint density at radius 3 is 2.85 bits per heavy atom. The Morgan fingerprint density at radius 1 is 1.38 bits per heavy atom. The molecule has 0 unspecified atom stereocenters. The van der Waals surface area contributed by atoms with E-state index in [1.54, 1.807) is 6.20 Å². The minimum absolute atomic E-state index is 0.465. The highest BCUT2D eigenvalue weighted by atomic mass is 79.9. The molecule has 66 valence electrons. The van der Waals surface area contributed by atoms with Crippen LogP contribution >= 0.6 is 15.9 Å². The number of carbonyl (C=O) groups is 1. The molecule has 3 nitrogen and oxygen atoms in total. The van der Waals surface area contributed by atoms with Crippen LogP contribution in [0, 0.1) is 0 Å². The molecule has 2 rings (SSSR count). The number of amides is 1. The Morgan fingerprint density at radius 2 is 2.15 bits per heavy atom. The molecule has 1 heterocycles. The lowest BCUT2D eigenvalue weighted by Crippen LogP contribution is -2.17. The first-order valence-electron chi connectivity index (χ1n) is 3.75. The number of carbonyl (C=O) groups excluding carboxylic acids is 1. The summed E-state index contributed by atoms with van der Waals surface area (Å²) in [5.41, 5.74) is 6.00. The van der Waals surface area contributed by atoms with Crippen molar-refractivity contribution >= 4 is 32.9 Å². The predicted molar refractivity (Wildman–Crippen MR) is 54.6 cm³/mol. The van der Waals surface area contributed by atoms with E-state index >= 15 is 0 Å². The zero-order valence-electron chi connectivity index (χ0n) is 6.70. The van der Waals surface area contributed by atoms with Crippen molar-refractivity contribution in [2.24, 2.45) is 5.73 Å². The smallest absolute Gasteiger partial charge is 0.323 e. The van der Waals surface area contributed by atoms with Gasteiger partial charge in [0.1, 0.15) is 0 Å². The largest absolute Gasteiger partial charge is 0.351 e.